The molecule has 1 aliphatic heterocycles. The minimum Gasteiger partial charge on any atom is -0.465 e. The molecule has 3 atom stereocenters. The third-order valence-corrected chi connectivity index (χ3v) is 5.49. The van der Waals surface area contributed by atoms with Gasteiger partial charge in [0.1, 0.15) is 5.82 Å². The molecule has 4 rings (SSSR count). The van der Waals surface area contributed by atoms with E-state index in [0.29, 0.717) is 18.5 Å². The molecule has 5 nitrogen and oxygen atoms in total. The predicted octanol–water partition coefficient (Wildman–Crippen LogP) is 4.52. The number of amides is 1. The number of rotatable bonds is 4. The SMILES string of the molecule is O=C(O)N1CCC(c2ccc(F)cc2)C(OC(O)c2ccc3ccccc3c2)C1. The van der Waals surface area contributed by atoms with Crippen LogP contribution in [0.25, 0.3) is 10.8 Å². The summed E-state index contributed by atoms with van der Waals surface area (Å²) in [6.07, 6.45) is -2.23. The van der Waals surface area contributed by atoms with Gasteiger partial charge in [0.15, 0.2) is 6.29 Å². The molecule has 0 aliphatic carbocycles. The van der Waals surface area contributed by atoms with Gasteiger partial charge in [0.05, 0.1) is 12.6 Å². The van der Waals surface area contributed by atoms with Gasteiger partial charge in [-0.15, -0.1) is 0 Å². The highest BCUT2D eigenvalue weighted by atomic mass is 19.1. The fourth-order valence-corrected chi connectivity index (χ4v) is 3.92. The summed E-state index contributed by atoms with van der Waals surface area (Å²) in [7, 11) is 0. The van der Waals surface area contributed by atoms with E-state index >= 15 is 0 Å². The van der Waals surface area contributed by atoms with Crippen LogP contribution in [0.3, 0.4) is 0 Å². The second kappa shape index (κ2) is 8.19. The molecule has 3 aromatic rings. The van der Waals surface area contributed by atoms with Crippen LogP contribution in [0, 0.1) is 5.82 Å². The molecule has 1 amide bonds. The van der Waals surface area contributed by atoms with Crippen molar-refractivity contribution in [3.8, 4) is 0 Å². The number of fused-ring (bicyclic) bond motifs is 1. The number of carboxylic acid groups (broad SMARTS) is 1. The van der Waals surface area contributed by atoms with Crippen LogP contribution in [0.4, 0.5) is 9.18 Å². The van der Waals surface area contributed by atoms with E-state index in [0.717, 1.165) is 16.3 Å². The molecule has 0 aromatic heterocycles. The van der Waals surface area contributed by atoms with Gasteiger partial charge in [0.2, 0.25) is 0 Å². The third kappa shape index (κ3) is 4.23. The van der Waals surface area contributed by atoms with Gasteiger partial charge < -0.3 is 19.8 Å². The molecule has 0 spiro atoms. The van der Waals surface area contributed by atoms with E-state index < -0.39 is 18.5 Å². The Morgan fingerprint density at radius 3 is 2.52 bits per heavy atom. The molecule has 1 aliphatic rings. The Hall–Kier alpha value is -2.96. The maximum Gasteiger partial charge on any atom is 0.407 e. The van der Waals surface area contributed by atoms with Crippen molar-refractivity contribution in [2.45, 2.75) is 24.7 Å². The van der Waals surface area contributed by atoms with E-state index in [1.807, 2.05) is 36.4 Å². The van der Waals surface area contributed by atoms with E-state index in [2.05, 4.69) is 0 Å². The van der Waals surface area contributed by atoms with Crippen molar-refractivity contribution in [2.75, 3.05) is 13.1 Å². The zero-order valence-electron chi connectivity index (χ0n) is 15.7. The zero-order valence-corrected chi connectivity index (χ0v) is 15.7. The van der Waals surface area contributed by atoms with Crippen molar-refractivity contribution >= 4 is 16.9 Å². The molecule has 0 radical (unpaired) electrons. The van der Waals surface area contributed by atoms with E-state index in [9.17, 15) is 19.4 Å². The number of hydrogen-bond acceptors (Lipinski definition) is 3. The molecule has 1 heterocycles. The van der Waals surface area contributed by atoms with Crippen LogP contribution in [0.2, 0.25) is 0 Å². The Morgan fingerprint density at radius 2 is 1.79 bits per heavy atom. The Balaban J connectivity index is 1.58. The van der Waals surface area contributed by atoms with Gasteiger partial charge in [-0.3, -0.25) is 0 Å². The third-order valence-electron chi connectivity index (χ3n) is 5.49. The topological polar surface area (TPSA) is 70.0 Å². The van der Waals surface area contributed by atoms with E-state index in [1.165, 1.54) is 17.0 Å². The number of likely N-dealkylation sites (tertiary alicyclic amines) is 1. The second-order valence-electron chi connectivity index (χ2n) is 7.31. The first-order valence-electron chi connectivity index (χ1n) is 9.57. The zero-order chi connectivity index (χ0) is 20.4. The van der Waals surface area contributed by atoms with Gasteiger partial charge in [-0.1, -0.05) is 48.5 Å². The number of carbonyl (C=O) groups is 1. The van der Waals surface area contributed by atoms with Gasteiger partial charge in [-0.25, -0.2) is 9.18 Å². The number of aliphatic hydroxyl groups is 1. The van der Waals surface area contributed by atoms with Gasteiger partial charge in [0.25, 0.3) is 0 Å². The largest absolute Gasteiger partial charge is 0.465 e. The molecule has 1 fully saturated rings. The maximum absolute atomic E-state index is 13.3. The lowest BCUT2D eigenvalue weighted by Gasteiger charge is -2.38. The highest BCUT2D eigenvalue weighted by molar-refractivity contribution is 5.83. The molecule has 0 bridgehead atoms. The molecule has 2 N–H and O–H groups in total. The average molecular weight is 395 g/mol. The Labute approximate surface area is 168 Å². The fraction of sp³-hybridized carbons (Fsp3) is 0.261. The van der Waals surface area contributed by atoms with Crippen molar-refractivity contribution in [3.63, 3.8) is 0 Å². The first kappa shape index (κ1) is 19.4. The van der Waals surface area contributed by atoms with Crippen LogP contribution in [-0.4, -0.2) is 40.4 Å². The van der Waals surface area contributed by atoms with Crippen LogP contribution in [-0.2, 0) is 4.74 Å². The number of nitrogens with zero attached hydrogens (tertiary/aromatic N) is 1. The van der Waals surface area contributed by atoms with Gasteiger partial charge in [-0.2, -0.15) is 0 Å². The smallest absolute Gasteiger partial charge is 0.407 e. The standard InChI is InChI=1S/C23H22FNO4/c24-19-9-7-16(8-10-19)20-11-12-25(23(27)28)14-21(20)29-22(26)18-6-5-15-3-1-2-4-17(15)13-18/h1-10,13,20-22,26H,11-12,14H2,(H,27,28). The van der Waals surface area contributed by atoms with Crippen molar-refractivity contribution in [2.24, 2.45) is 0 Å². The minimum absolute atomic E-state index is 0.138. The van der Waals surface area contributed by atoms with Crippen LogP contribution in [0.1, 0.15) is 29.8 Å². The molecule has 150 valence electrons. The van der Waals surface area contributed by atoms with Crippen molar-refractivity contribution in [1.29, 1.82) is 0 Å². The Kier molecular flexibility index (Phi) is 5.47. The maximum atomic E-state index is 13.3. The number of piperidine rings is 1. The van der Waals surface area contributed by atoms with Gasteiger partial charge in [0, 0.05) is 18.0 Å². The quantitative estimate of drug-likeness (QED) is 0.637. The van der Waals surface area contributed by atoms with Crippen molar-refractivity contribution in [1.82, 2.24) is 4.90 Å². The molecule has 3 aromatic carbocycles. The predicted molar refractivity (Wildman–Crippen MR) is 107 cm³/mol. The molecular weight excluding hydrogens is 373 g/mol. The lowest BCUT2D eigenvalue weighted by molar-refractivity contribution is -0.157. The van der Waals surface area contributed by atoms with Crippen LogP contribution >= 0.6 is 0 Å². The van der Waals surface area contributed by atoms with Crippen LogP contribution in [0.15, 0.2) is 66.7 Å². The number of aliphatic hydroxyl groups excluding tert-OH is 1. The lowest BCUT2D eigenvalue weighted by atomic mass is 9.87. The highest BCUT2D eigenvalue weighted by Gasteiger charge is 2.34. The summed E-state index contributed by atoms with van der Waals surface area (Å²) in [4.78, 5) is 12.7. The highest BCUT2D eigenvalue weighted by Crippen LogP contribution is 2.33. The van der Waals surface area contributed by atoms with Gasteiger partial charge >= 0.3 is 6.09 Å². The molecule has 1 saturated heterocycles. The average Bonchev–Trinajstić information content (AvgIpc) is 2.74. The monoisotopic (exact) mass is 395 g/mol. The van der Waals surface area contributed by atoms with Crippen molar-refractivity contribution < 1.29 is 24.1 Å². The summed E-state index contributed by atoms with van der Waals surface area (Å²) in [6.45, 7) is 0.505. The lowest BCUT2D eigenvalue weighted by Crippen LogP contribution is -2.46. The summed E-state index contributed by atoms with van der Waals surface area (Å²) < 4.78 is 19.3. The number of hydrogen-bond donors (Lipinski definition) is 2. The van der Waals surface area contributed by atoms with Crippen LogP contribution in [0.5, 0.6) is 0 Å². The van der Waals surface area contributed by atoms with Crippen molar-refractivity contribution in [3.05, 3.63) is 83.7 Å². The second-order valence-corrected chi connectivity index (χ2v) is 7.31. The number of benzene rings is 3. The fourth-order valence-electron chi connectivity index (χ4n) is 3.92. The molecule has 29 heavy (non-hydrogen) atoms. The van der Waals surface area contributed by atoms with Gasteiger partial charge in [-0.05, 0) is 41.0 Å². The van der Waals surface area contributed by atoms with E-state index in [1.54, 1.807) is 18.2 Å². The Bertz CT molecular complexity index is 1010. The van der Waals surface area contributed by atoms with E-state index in [4.69, 9.17) is 4.74 Å². The summed E-state index contributed by atoms with van der Waals surface area (Å²) in [6, 6.07) is 19.6. The van der Waals surface area contributed by atoms with Crippen LogP contribution < -0.4 is 0 Å². The summed E-state index contributed by atoms with van der Waals surface area (Å²) in [5.74, 6) is -0.466. The molecule has 6 heteroatoms. The summed E-state index contributed by atoms with van der Waals surface area (Å²) >= 11 is 0. The summed E-state index contributed by atoms with van der Waals surface area (Å²) in [5.41, 5.74) is 1.47. The first-order valence-corrected chi connectivity index (χ1v) is 9.57. The van der Waals surface area contributed by atoms with E-state index in [-0.39, 0.29) is 18.3 Å². The molecule has 3 unspecified atom stereocenters. The minimum atomic E-state index is -1.19. The molecular formula is C23H22FNO4. The number of ether oxygens (including phenoxy) is 1. The molecule has 0 saturated carbocycles. The summed E-state index contributed by atoms with van der Waals surface area (Å²) in [5, 5.41) is 22.1. The first-order chi connectivity index (χ1) is 14.0. The Morgan fingerprint density at radius 1 is 1.07 bits per heavy atom. The normalized spacial score (nSPS) is 20.6. The number of halogens is 1.